The number of carbonyl (C=O) groups is 1. The number of nitrogen functional groups attached to an aromatic ring is 1. The Balaban J connectivity index is 2.10. The van der Waals surface area contributed by atoms with Crippen LogP contribution in [-0.4, -0.2) is 43.0 Å². The van der Waals surface area contributed by atoms with E-state index in [-0.39, 0.29) is 29.8 Å². The molecule has 1 unspecified atom stereocenters. The average Bonchev–Trinajstić information content (AvgIpc) is 2.98. The van der Waals surface area contributed by atoms with E-state index >= 15 is 0 Å². The second-order valence-electron chi connectivity index (χ2n) is 8.45. The zero-order chi connectivity index (χ0) is 22.6. The van der Waals surface area contributed by atoms with Crippen molar-refractivity contribution in [3.63, 3.8) is 0 Å². The van der Waals surface area contributed by atoms with Crippen LogP contribution in [0, 0.1) is 6.92 Å². The molecule has 1 aromatic carbocycles. The molecule has 2 N–H and O–H groups in total. The van der Waals surface area contributed by atoms with Crippen LogP contribution in [0.15, 0.2) is 23.4 Å². The number of thioether (sulfide) groups is 1. The van der Waals surface area contributed by atoms with E-state index in [0.29, 0.717) is 16.9 Å². The molecule has 2 aromatic rings. The number of benzene rings is 1. The van der Waals surface area contributed by atoms with Crippen molar-refractivity contribution in [3.05, 3.63) is 35.2 Å². The van der Waals surface area contributed by atoms with E-state index in [1.54, 1.807) is 0 Å². The molecule has 0 saturated heterocycles. The number of nitrogens with zero attached hydrogens (tertiary/aromatic N) is 4. The Hall–Kier alpha value is -2.22. The molecule has 0 fully saturated rings. The maximum atomic E-state index is 12.9. The van der Waals surface area contributed by atoms with Crippen molar-refractivity contribution in [2.75, 3.05) is 5.84 Å². The average molecular weight is 434 g/mol. The molecule has 8 heteroatoms. The first kappa shape index (κ1) is 24.1. The number of hydrogen-bond donors (Lipinski definition) is 1. The SMILES string of the molecule is Cc1ccc(C(C)C)c(OCc2nnc(SC(C)C(=O)N(C(C)C)C(C)C)n2N)c1. The molecule has 0 aliphatic carbocycles. The van der Waals surface area contributed by atoms with Crippen molar-refractivity contribution in [2.24, 2.45) is 0 Å². The molecule has 30 heavy (non-hydrogen) atoms. The molecule has 0 radical (unpaired) electrons. The topological polar surface area (TPSA) is 86.3 Å². The van der Waals surface area contributed by atoms with Gasteiger partial charge in [0.2, 0.25) is 11.1 Å². The molecule has 166 valence electrons. The van der Waals surface area contributed by atoms with Gasteiger partial charge in [-0.3, -0.25) is 4.79 Å². The summed E-state index contributed by atoms with van der Waals surface area (Å²) in [6.07, 6.45) is 0. The molecular formula is C22H35N5O2S. The Kier molecular flexibility index (Phi) is 8.18. The van der Waals surface area contributed by atoms with Gasteiger partial charge >= 0.3 is 0 Å². The van der Waals surface area contributed by atoms with Crippen molar-refractivity contribution in [1.82, 2.24) is 19.8 Å². The van der Waals surface area contributed by atoms with Crippen LogP contribution >= 0.6 is 11.8 Å². The summed E-state index contributed by atoms with van der Waals surface area (Å²) in [6.45, 7) is 16.5. The summed E-state index contributed by atoms with van der Waals surface area (Å²) >= 11 is 1.31. The molecule has 0 spiro atoms. The number of nitrogens with two attached hydrogens (primary N) is 1. The normalized spacial score (nSPS) is 12.6. The summed E-state index contributed by atoms with van der Waals surface area (Å²) in [6, 6.07) is 6.45. The zero-order valence-electron chi connectivity index (χ0n) is 19.3. The van der Waals surface area contributed by atoms with E-state index in [2.05, 4.69) is 36.2 Å². The van der Waals surface area contributed by atoms with Crippen LogP contribution in [0.3, 0.4) is 0 Å². The van der Waals surface area contributed by atoms with Gasteiger partial charge in [0.25, 0.3) is 0 Å². The number of aryl methyl sites for hydroxylation is 1. The highest BCUT2D eigenvalue weighted by atomic mass is 32.2. The van der Waals surface area contributed by atoms with Crippen LogP contribution in [-0.2, 0) is 11.4 Å². The molecule has 2 rings (SSSR count). The van der Waals surface area contributed by atoms with E-state index in [0.717, 1.165) is 16.9 Å². The van der Waals surface area contributed by atoms with Crippen LogP contribution in [0.5, 0.6) is 5.75 Å². The quantitative estimate of drug-likeness (QED) is 0.473. The van der Waals surface area contributed by atoms with Crippen molar-refractivity contribution in [1.29, 1.82) is 0 Å². The first-order chi connectivity index (χ1) is 14.0. The third kappa shape index (κ3) is 5.68. The number of carbonyl (C=O) groups excluding carboxylic acids is 1. The fourth-order valence-corrected chi connectivity index (χ4v) is 4.24. The minimum atomic E-state index is -0.320. The summed E-state index contributed by atoms with van der Waals surface area (Å²) in [5.74, 6) is 7.95. The van der Waals surface area contributed by atoms with E-state index in [1.165, 1.54) is 16.4 Å². The lowest BCUT2D eigenvalue weighted by Gasteiger charge is -2.32. The largest absolute Gasteiger partial charge is 0.485 e. The van der Waals surface area contributed by atoms with Crippen molar-refractivity contribution < 1.29 is 9.53 Å². The maximum absolute atomic E-state index is 12.9. The van der Waals surface area contributed by atoms with Gasteiger partial charge in [-0.2, -0.15) is 0 Å². The van der Waals surface area contributed by atoms with E-state index in [9.17, 15) is 4.79 Å². The Morgan fingerprint density at radius 3 is 2.33 bits per heavy atom. The van der Waals surface area contributed by atoms with Crippen LogP contribution in [0.4, 0.5) is 0 Å². The van der Waals surface area contributed by atoms with Gasteiger partial charge in [-0.15, -0.1) is 10.2 Å². The first-order valence-corrected chi connectivity index (χ1v) is 11.3. The lowest BCUT2D eigenvalue weighted by Crippen LogP contribution is -2.45. The predicted molar refractivity (Wildman–Crippen MR) is 122 cm³/mol. The Bertz CT molecular complexity index is 855. The van der Waals surface area contributed by atoms with Gasteiger partial charge in [-0.25, -0.2) is 4.68 Å². The molecule has 1 atom stereocenters. The van der Waals surface area contributed by atoms with Crippen molar-refractivity contribution in [2.45, 2.75) is 90.4 Å². The van der Waals surface area contributed by atoms with E-state index < -0.39 is 0 Å². The van der Waals surface area contributed by atoms with Gasteiger partial charge in [0.15, 0.2) is 5.82 Å². The maximum Gasteiger partial charge on any atom is 0.236 e. The minimum Gasteiger partial charge on any atom is -0.485 e. The number of hydrogen-bond acceptors (Lipinski definition) is 6. The van der Waals surface area contributed by atoms with Gasteiger partial charge < -0.3 is 15.5 Å². The zero-order valence-corrected chi connectivity index (χ0v) is 20.2. The lowest BCUT2D eigenvalue weighted by molar-refractivity contribution is -0.133. The third-order valence-electron chi connectivity index (χ3n) is 4.88. The number of ether oxygens (including phenoxy) is 1. The fourth-order valence-electron chi connectivity index (χ4n) is 3.40. The summed E-state index contributed by atoms with van der Waals surface area (Å²) in [5.41, 5.74) is 2.27. The smallest absolute Gasteiger partial charge is 0.236 e. The number of amides is 1. The monoisotopic (exact) mass is 433 g/mol. The lowest BCUT2D eigenvalue weighted by atomic mass is 10.0. The van der Waals surface area contributed by atoms with Crippen LogP contribution < -0.4 is 10.6 Å². The molecule has 0 bridgehead atoms. The summed E-state index contributed by atoms with van der Waals surface area (Å²) in [7, 11) is 0. The Morgan fingerprint density at radius 1 is 1.13 bits per heavy atom. The summed E-state index contributed by atoms with van der Waals surface area (Å²) in [5, 5.41) is 8.52. The highest BCUT2D eigenvalue weighted by Crippen LogP contribution is 2.29. The molecule has 0 aliphatic heterocycles. The second kappa shape index (κ2) is 10.2. The number of rotatable bonds is 9. The van der Waals surface area contributed by atoms with Crippen molar-refractivity contribution in [3.8, 4) is 5.75 Å². The molecule has 0 aliphatic rings. The highest BCUT2D eigenvalue weighted by molar-refractivity contribution is 8.00. The molecule has 1 amide bonds. The van der Waals surface area contributed by atoms with Crippen LogP contribution in [0.2, 0.25) is 0 Å². The molecule has 1 heterocycles. The molecule has 7 nitrogen and oxygen atoms in total. The van der Waals surface area contributed by atoms with Crippen LogP contribution in [0.1, 0.15) is 71.3 Å². The standard InChI is InChI=1S/C22H35N5O2S/c1-13(2)18-10-9-16(7)11-19(18)29-12-20-24-25-22(27(20)23)30-17(8)21(28)26(14(3)4)15(5)6/h9-11,13-15,17H,12,23H2,1-8H3. The number of aromatic nitrogens is 3. The fraction of sp³-hybridized carbons (Fsp3) is 0.591. The predicted octanol–water partition coefficient (Wildman–Crippen LogP) is 4.13. The second-order valence-corrected chi connectivity index (χ2v) is 9.75. The van der Waals surface area contributed by atoms with Gasteiger partial charge in [-0.05, 0) is 64.7 Å². The summed E-state index contributed by atoms with van der Waals surface area (Å²) < 4.78 is 7.44. The first-order valence-electron chi connectivity index (χ1n) is 10.4. The van der Waals surface area contributed by atoms with E-state index in [1.807, 2.05) is 52.5 Å². The highest BCUT2D eigenvalue weighted by Gasteiger charge is 2.27. The van der Waals surface area contributed by atoms with E-state index in [4.69, 9.17) is 10.6 Å². The van der Waals surface area contributed by atoms with Crippen LogP contribution in [0.25, 0.3) is 0 Å². The third-order valence-corrected chi connectivity index (χ3v) is 5.92. The van der Waals surface area contributed by atoms with Crippen molar-refractivity contribution >= 4 is 17.7 Å². The van der Waals surface area contributed by atoms with Gasteiger partial charge in [0.05, 0.1) is 5.25 Å². The van der Waals surface area contributed by atoms with Gasteiger partial charge in [0, 0.05) is 12.1 Å². The minimum absolute atomic E-state index is 0.0622. The summed E-state index contributed by atoms with van der Waals surface area (Å²) in [4.78, 5) is 14.8. The Labute approximate surface area is 184 Å². The molecular weight excluding hydrogens is 398 g/mol. The van der Waals surface area contributed by atoms with Gasteiger partial charge in [0.1, 0.15) is 12.4 Å². The van der Waals surface area contributed by atoms with Gasteiger partial charge in [-0.1, -0.05) is 37.7 Å². The Morgan fingerprint density at radius 2 is 1.77 bits per heavy atom. The molecule has 1 aromatic heterocycles. The molecule has 0 saturated carbocycles.